The maximum absolute atomic E-state index is 12.6. The van der Waals surface area contributed by atoms with Gasteiger partial charge in [0.1, 0.15) is 4.21 Å². The van der Waals surface area contributed by atoms with Gasteiger partial charge in [0.25, 0.3) is 10.0 Å². The van der Waals surface area contributed by atoms with E-state index >= 15 is 0 Å². The van der Waals surface area contributed by atoms with E-state index in [2.05, 4.69) is 15.0 Å². The van der Waals surface area contributed by atoms with Crippen LogP contribution in [0.1, 0.15) is 11.6 Å². The summed E-state index contributed by atoms with van der Waals surface area (Å²) in [5.41, 5.74) is 0.930. The number of rotatable bonds is 5. The van der Waals surface area contributed by atoms with Crippen LogP contribution >= 0.6 is 23.7 Å². The summed E-state index contributed by atoms with van der Waals surface area (Å²) in [4.78, 5) is 18.3. The molecule has 0 spiro atoms. The normalized spacial score (nSPS) is 17.8. The molecule has 1 aliphatic rings. The Morgan fingerprint density at radius 2 is 2.24 bits per heavy atom. The van der Waals surface area contributed by atoms with Crippen LogP contribution in [-0.2, 0) is 14.8 Å². The molecule has 10 heteroatoms. The largest absolute Gasteiger partial charge is 0.332 e. The summed E-state index contributed by atoms with van der Waals surface area (Å²) >= 11 is 1.12. The molecular weight excluding hydrogens is 384 g/mol. The Bertz CT molecular complexity index is 784. The number of hydrogen-bond acceptors (Lipinski definition) is 6. The van der Waals surface area contributed by atoms with E-state index in [0.29, 0.717) is 19.6 Å². The van der Waals surface area contributed by atoms with E-state index in [9.17, 15) is 13.2 Å². The second kappa shape index (κ2) is 8.72. The molecule has 2 aromatic heterocycles. The van der Waals surface area contributed by atoms with Gasteiger partial charge in [-0.1, -0.05) is 12.1 Å². The van der Waals surface area contributed by atoms with Gasteiger partial charge < -0.3 is 10.2 Å². The molecule has 2 N–H and O–H groups in total. The lowest BCUT2D eigenvalue weighted by atomic mass is 10.1. The van der Waals surface area contributed by atoms with Crippen molar-refractivity contribution in [2.75, 3.05) is 26.2 Å². The van der Waals surface area contributed by atoms with Crippen molar-refractivity contribution >= 4 is 39.7 Å². The second-order valence-electron chi connectivity index (χ2n) is 5.35. The molecule has 0 saturated carbocycles. The van der Waals surface area contributed by atoms with E-state index in [0.717, 1.165) is 16.9 Å². The summed E-state index contributed by atoms with van der Waals surface area (Å²) in [6, 6.07) is 6.77. The zero-order valence-corrected chi connectivity index (χ0v) is 15.7. The lowest BCUT2D eigenvalue weighted by Crippen LogP contribution is -2.51. The van der Waals surface area contributed by atoms with Crippen molar-refractivity contribution in [2.24, 2.45) is 0 Å². The lowest BCUT2D eigenvalue weighted by Gasteiger charge is -2.36. The van der Waals surface area contributed by atoms with Crippen molar-refractivity contribution < 1.29 is 13.2 Å². The average Bonchev–Trinajstić information content (AvgIpc) is 3.16. The number of amides is 1. The highest BCUT2D eigenvalue weighted by Crippen LogP contribution is 2.21. The first-order valence-electron chi connectivity index (χ1n) is 7.51. The monoisotopic (exact) mass is 402 g/mol. The number of sulfonamides is 1. The molecule has 0 radical (unpaired) electrons. The van der Waals surface area contributed by atoms with Crippen molar-refractivity contribution in [3.63, 3.8) is 0 Å². The predicted octanol–water partition coefficient (Wildman–Crippen LogP) is 1.02. The Morgan fingerprint density at radius 1 is 1.40 bits per heavy atom. The molecule has 1 atom stereocenters. The zero-order chi connectivity index (χ0) is 17.0. The van der Waals surface area contributed by atoms with Gasteiger partial charge in [-0.3, -0.25) is 9.78 Å². The fraction of sp³-hybridized carbons (Fsp3) is 0.333. The third kappa shape index (κ3) is 4.77. The van der Waals surface area contributed by atoms with Gasteiger partial charge in [0, 0.05) is 32.0 Å². The lowest BCUT2D eigenvalue weighted by molar-refractivity contribution is -0.133. The highest BCUT2D eigenvalue weighted by Gasteiger charge is 2.28. The van der Waals surface area contributed by atoms with Crippen LogP contribution in [0.5, 0.6) is 0 Å². The maximum Gasteiger partial charge on any atom is 0.250 e. The Balaban J connectivity index is 0.00000225. The number of nitrogens with one attached hydrogen (secondary N) is 2. The minimum Gasteiger partial charge on any atom is -0.332 e. The number of thiophene rings is 1. The number of hydrogen-bond donors (Lipinski definition) is 2. The molecule has 1 saturated heterocycles. The topological polar surface area (TPSA) is 91.4 Å². The van der Waals surface area contributed by atoms with Crippen LogP contribution in [0.25, 0.3) is 0 Å². The number of carbonyl (C=O) groups is 1. The van der Waals surface area contributed by atoms with Crippen LogP contribution in [0.2, 0.25) is 0 Å². The second-order valence-corrected chi connectivity index (χ2v) is 8.29. The highest BCUT2D eigenvalue weighted by atomic mass is 35.5. The molecule has 0 aromatic carbocycles. The van der Waals surface area contributed by atoms with E-state index in [-0.39, 0.29) is 35.1 Å². The first-order valence-corrected chi connectivity index (χ1v) is 9.87. The van der Waals surface area contributed by atoms with Crippen LogP contribution in [0.4, 0.5) is 0 Å². The maximum atomic E-state index is 12.6. The smallest absolute Gasteiger partial charge is 0.250 e. The van der Waals surface area contributed by atoms with Crippen LogP contribution in [0, 0.1) is 0 Å². The van der Waals surface area contributed by atoms with Crippen molar-refractivity contribution in [2.45, 2.75) is 10.3 Å². The van der Waals surface area contributed by atoms with Gasteiger partial charge in [-0.15, -0.1) is 23.7 Å². The molecule has 3 rings (SSSR count). The fourth-order valence-electron chi connectivity index (χ4n) is 2.62. The summed E-state index contributed by atoms with van der Waals surface area (Å²) in [7, 11) is -3.64. The number of piperazine rings is 1. The number of pyridine rings is 1. The number of nitrogens with zero attached hydrogens (tertiary/aromatic N) is 2. The van der Waals surface area contributed by atoms with E-state index in [1.165, 1.54) is 6.07 Å². The Hall–Kier alpha value is -1.52. The molecule has 7 nitrogen and oxygen atoms in total. The van der Waals surface area contributed by atoms with Gasteiger partial charge in [0.2, 0.25) is 5.91 Å². The third-order valence-corrected chi connectivity index (χ3v) is 6.60. The summed E-state index contributed by atoms with van der Waals surface area (Å²) in [5.74, 6) is -0.245. The molecule has 25 heavy (non-hydrogen) atoms. The summed E-state index contributed by atoms with van der Waals surface area (Å²) in [6.45, 7) is 1.57. The fourth-order valence-corrected chi connectivity index (χ4v) is 4.63. The molecule has 0 bridgehead atoms. The molecule has 1 aliphatic heterocycles. The number of aromatic nitrogens is 1. The molecule has 0 aliphatic carbocycles. The molecule has 1 fully saturated rings. The van der Waals surface area contributed by atoms with Gasteiger partial charge in [-0.05, 0) is 23.1 Å². The predicted molar refractivity (Wildman–Crippen MR) is 98.3 cm³/mol. The third-order valence-electron chi connectivity index (χ3n) is 3.81. The SMILES string of the molecule is Cl.O=C(CNS(=O)(=O)c1cccs1)N1CCNCC1c1cccnc1. The highest BCUT2D eigenvalue weighted by molar-refractivity contribution is 7.91. The van der Waals surface area contributed by atoms with Crippen molar-refractivity contribution in [1.29, 1.82) is 0 Å². The van der Waals surface area contributed by atoms with Crippen LogP contribution in [0.15, 0.2) is 46.2 Å². The molecule has 1 amide bonds. The molecule has 136 valence electrons. The number of carbonyl (C=O) groups excluding carboxylic acids is 1. The first-order chi connectivity index (χ1) is 11.6. The van der Waals surface area contributed by atoms with Gasteiger partial charge in [-0.25, -0.2) is 13.1 Å². The van der Waals surface area contributed by atoms with E-state index in [1.54, 1.807) is 28.7 Å². The average molecular weight is 403 g/mol. The first kappa shape index (κ1) is 19.8. The Kier molecular flexibility index (Phi) is 6.91. The minimum absolute atomic E-state index is 0. The van der Waals surface area contributed by atoms with Crippen molar-refractivity contribution in [3.05, 3.63) is 47.6 Å². The minimum atomic E-state index is -3.64. The summed E-state index contributed by atoms with van der Waals surface area (Å²) in [6.07, 6.45) is 3.41. The summed E-state index contributed by atoms with van der Waals surface area (Å²) in [5, 5.41) is 4.94. The van der Waals surface area contributed by atoms with Gasteiger partial charge in [0.15, 0.2) is 0 Å². The van der Waals surface area contributed by atoms with E-state index < -0.39 is 10.0 Å². The quantitative estimate of drug-likeness (QED) is 0.779. The Labute approximate surface area is 156 Å². The van der Waals surface area contributed by atoms with Crippen LogP contribution < -0.4 is 10.0 Å². The summed E-state index contributed by atoms with van der Waals surface area (Å²) < 4.78 is 26.9. The zero-order valence-electron chi connectivity index (χ0n) is 13.3. The van der Waals surface area contributed by atoms with Gasteiger partial charge in [0.05, 0.1) is 12.6 Å². The molecule has 1 unspecified atom stereocenters. The van der Waals surface area contributed by atoms with Crippen molar-refractivity contribution in [3.8, 4) is 0 Å². The van der Waals surface area contributed by atoms with Crippen LogP contribution in [0.3, 0.4) is 0 Å². The standard InChI is InChI=1S/C15H18N4O3S2.ClH/c20-14(11-18-24(21,22)15-4-2-8-23-15)19-7-6-17-10-13(19)12-3-1-5-16-9-12;/h1-5,8-9,13,17-18H,6-7,10-11H2;1H. The van der Waals surface area contributed by atoms with Crippen molar-refractivity contribution in [1.82, 2.24) is 19.9 Å². The van der Waals surface area contributed by atoms with E-state index in [4.69, 9.17) is 0 Å². The van der Waals surface area contributed by atoms with Crippen LogP contribution in [-0.4, -0.2) is 50.4 Å². The Morgan fingerprint density at radius 3 is 2.92 bits per heavy atom. The van der Waals surface area contributed by atoms with Gasteiger partial charge in [-0.2, -0.15) is 0 Å². The molecule has 2 aromatic rings. The number of halogens is 1. The molecular formula is C15H19ClN4O3S2. The molecule has 3 heterocycles. The van der Waals surface area contributed by atoms with Gasteiger partial charge >= 0.3 is 0 Å². The van der Waals surface area contributed by atoms with E-state index in [1.807, 2.05) is 12.1 Å².